The van der Waals surface area contributed by atoms with Crippen LogP contribution in [-0.4, -0.2) is 0 Å². The fourth-order valence-electron chi connectivity index (χ4n) is 8.71. The van der Waals surface area contributed by atoms with Gasteiger partial charge in [-0.2, -0.15) is 0 Å². The van der Waals surface area contributed by atoms with Gasteiger partial charge in [0.15, 0.2) is 0 Å². The molecular weight excluding hydrogens is 635 g/mol. The zero-order valence-electron chi connectivity index (χ0n) is 28.9. The lowest BCUT2D eigenvalue weighted by molar-refractivity contribution is 0.660. The summed E-state index contributed by atoms with van der Waals surface area (Å²) in [6.07, 6.45) is 0. The fourth-order valence-corrected chi connectivity index (χ4v) is 8.71. The van der Waals surface area contributed by atoms with E-state index < -0.39 is 0 Å². The number of hydrogen-bond acceptors (Lipinski definition) is 3. The number of fused-ring (bicyclic) bond motifs is 11. The molecule has 0 atom stereocenters. The van der Waals surface area contributed by atoms with Crippen LogP contribution >= 0.6 is 0 Å². The van der Waals surface area contributed by atoms with Gasteiger partial charge in [-0.15, -0.1) is 0 Å². The zero-order valence-corrected chi connectivity index (χ0v) is 28.9. The SMILES string of the molecule is CC1(C)c2ccccc2-c2ccc(N(c3ccc(-c4cc5ccccc5c5oc6ccccc6c45)cc3)c3ccc4c(c3)oc3ccccc34)cc21. The average molecular weight is 668 g/mol. The summed E-state index contributed by atoms with van der Waals surface area (Å²) in [6, 6.07) is 58.8. The van der Waals surface area contributed by atoms with Crippen molar-refractivity contribution in [2.45, 2.75) is 19.3 Å². The van der Waals surface area contributed by atoms with E-state index in [0.717, 1.165) is 82.8 Å². The molecule has 8 aromatic carbocycles. The van der Waals surface area contributed by atoms with Gasteiger partial charge in [0.1, 0.15) is 22.3 Å². The molecule has 0 saturated carbocycles. The van der Waals surface area contributed by atoms with Gasteiger partial charge in [0.2, 0.25) is 0 Å². The maximum Gasteiger partial charge on any atom is 0.143 e. The van der Waals surface area contributed by atoms with Gasteiger partial charge in [-0.25, -0.2) is 0 Å². The molecule has 10 aromatic rings. The number of hydrogen-bond donors (Lipinski definition) is 0. The standard InChI is InChI=1S/C49H33NO2/c1-49(2)42-16-8-5-13-36(42)37-25-23-33(28-43(37)49)50(34-24-26-39-38-14-6-9-17-44(38)51-46(39)29-34)32-21-19-30(20-22-32)41-27-31-11-3-4-12-35(31)48-47(41)40-15-7-10-18-45(40)52-48/h3-29H,1-2H3. The summed E-state index contributed by atoms with van der Waals surface area (Å²) in [5.74, 6) is 0. The highest BCUT2D eigenvalue weighted by molar-refractivity contribution is 6.21. The molecule has 0 amide bonds. The predicted octanol–water partition coefficient (Wildman–Crippen LogP) is 14.1. The van der Waals surface area contributed by atoms with E-state index in [1.165, 1.54) is 22.3 Å². The second-order valence-electron chi connectivity index (χ2n) is 14.5. The van der Waals surface area contributed by atoms with E-state index in [-0.39, 0.29) is 5.41 Å². The van der Waals surface area contributed by atoms with Gasteiger partial charge in [-0.1, -0.05) is 117 Å². The summed E-state index contributed by atoms with van der Waals surface area (Å²) in [5.41, 5.74) is 14.4. The monoisotopic (exact) mass is 667 g/mol. The third kappa shape index (κ3) is 4.14. The van der Waals surface area contributed by atoms with Crippen LogP contribution in [0.1, 0.15) is 25.0 Å². The van der Waals surface area contributed by atoms with Crippen LogP contribution in [0.3, 0.4) is 0 Å². The molecule has 0 N–H and O–H groups in total. The molecule has 0 unspecified atom stereocenters. The van der Waals surface area contributed by atoms with E-state index in [0.29, 0.717) is 0 Å². The molecule has 0 radical (unpaired) electrons. The van der Waals surface area contributed by atoms with Gasteiger partial charge in [-0.3, -0.25) is 0 Å². The van der Waals surface area contributed by atoms with E-state index in [1.807, 2.05) is 18.2 Å². The molecule has 0 saturated heterocycles. The summed E-state index contributed by atoms with van der Waals surface area (Å²) >= 11 is 0. The maximum absolute atomic E-state index is 6.52. The van der Waals surface area contributed by atoms with Crippen molar-refractivity contribution in [1.82, 2.24) is 0 Å². The van der Waals surface area contributed by atoms with Crippen LogP contribution in [0, 0.1) is 0 Å². The Kier molecular flexibility index (Phi) is 6.01. The van der Waals surface area contributed by atoms with Crippen LogP contribution in [0.4, 0.5) is 17.1 Å². The van der Waals surface area contributed by atoms with Crippen LogP contribution in [0.15, 0.2) is 173 Å². The molecule has 1 aliphatic carbocycles. The van der Waals surface area contributed by atoms with Crippen molar-refractivity contribution in [3.05, 3.63) is 175 Å². The van der Waals surface area contributed by atoms with Crippen LogP contribution in [0.25, 0.3) is 76.9 Å². The van der Waals surface area contributed by atoms with Gasteiger partial charge in [-0.05, 0) is 93.4 Å². The van der Waals surface area contributed by atoms with E-state index >= 15 is 0 Å². The molecule has 0 fully saturated rings. The van der Waals surface area contributed by atoms with E-state index in [2.05, 4.69) is 164 Å². The normalized spacial score (nSPS) is 13.3. The van der Waals surface area contributed by atoms with Crippen LogP contribution in [-0.2, 0) is 5.41 Å². The Morgan fingerprint density at radius 3 is 1.88 bits per heavy atom. The van der Waals surface area contributed by atoms with Crippen molar-refractivity contribution in [2.24, 2.45) is 0 Å². The van der Waals surface area contributed by atoms with Gasteiger partial charge >= 0.3 is 0 Å². The minimum Gasteiger partial charge on any atom is -0.456 e. The summed E-state index contributed by atoms with van der Waals surface area (Å²) in [7, 11) is 0. The highest BCUT2D eigenvalue weighted by Crippen LogP contribution is 2.51. The largest absolute Gasteiger partial charge is 0.456 e. The van der Waals surface area contributed by atoms with Crippen molar-refractivity contribution in [3.8, 4) is 22.3 Å². The second-order valence-corrected chi connectivity index (χ2v) is 14.5. The first-order valence-electron chi connectivity index (χ1n) is 17.9. The Hall–Kier alpha value is -6.58. The van der Waals surface area contributed by atoms with Crippen molar-refractivity contribution >= 4 is 71.7 Å². The van der Waals surface area contributed by atoms with Crippen molar-refractivity contribution in [3.63, 3.8) is 0 Å². The topological polar surface area (TPSA) is 29.5 Å². The molecule has 0 bridgehead atoms. The minimum absolute atomic E-state index is 0.116. The molecule has 0 aliphatic heterocycles. The quantitative estimate of drug-likeness (QED) is 0.187. The number of furan rings is 2. The smallest absolute Gasteiger partial charge is 0.143 e. The molecule has 52 heavy (non-hydrogen) atoms. The molecular formula is C49H33NO2. The lowest BCUT2D eigenvalue weighted by Gasteiger charge is -2.28. The fraction of sp³-hybridized carbons (Fsp3) is 0.0612. The zero-order chi connectivity index (χ0) is 34.6. The number of para-hydroxylation sites is 2. The van der Waals surface area contributed by atoms with E-state index in [4.69, 9.17) is 8.83 Å². The van der Waals surface area contributed by atoms with Gasteiger partial charge in [0.05, 0.1) is 0 Å². The van der Waals surface area contributed by atoms with Gasteiger partial charge < -0.3 is 13.7 Å². The average Bonchev–Trinajstić information content (AvgIpc) is 3.83. The Balaban J connectivity index is 1.10. The number of nitrogens with zero attached hydrogens (tertiary/aromatic N) is 1. The lowest BCUT2D eigenvalue weighted by atomic mass is 9.82. The Morgan fingerprint density at radius 2 is 1.04 bits per heavy atom. The third-order valence-electron chi connectivity index (χ3n) is 11.3. The Labute approximate surface area is 301 Å². The molecule has 0 spiro atoms. The van der Waals surface area contributed by atoms with Crippen molar-refractivity contribution in [2.75, 3.05) is 4.90 Å². The van der Waals surface area contributed by atoms with Gasteiger partial charge in [0, 0.05) is 55.5 Å². The molecule has 2 aromatic heterocycles. The molecule has 3 nitrogen and oxygen atoms in total. The number of anilines is 3. The van der Waals surface area contributed by atoms with Gasteiger partial charge in [0.25, 0.3) is 0 Å². The summed E-state index contributed by atoms with van der Waals surface area (Å²) in [5, 5.41) is 6.82. The second kappa shape index (κ2) is 10.7. The number of rotatable bonds is 4. The van der Waals surface area contributed by atoms with E-state index in [9.17, 15) is 0 Å². The molecule has 246 valence electrons. The Bertz CT molecular complexity index is 3050. The minimum atomic E-state index is -0.116. The third-order valence-corrected chi connectivity index (χ3v) is 11.3. The van der Waals surface area contributed by atoms with Crippen LogP contribution in [0.5, 0.6) is 0 Å². The Morgan fingerprint density at radius 1 is 0.423 bits per heavy atom. The number of benzene rings is 8. The first kappa shape index (κ1) is 29.2. The summed E-state index contributed by atoms with van der Waals surface area (Å²) < 4.78 is 12.9. The first-order chi connectivity index (χ1) is 25.5. The molecule has 3 heteroatoms. The molecule has 11 rings (SSSR count). The summed E-state index contributed by atoms with van der Waals surface area (Å²) in [4.78, 5) is 2.36. The lowest BCUT2D eigenvalue weighted by Crippen LogP contribution is -2.16. The van der Waals surface area contributed by atoms with Crippen LogP contribution < -0.4 is 4.90 Å². The summed E-state index contributed by atoms with van der Waals surface area (Å²) in [6.45, 7) is 4.68. The van der Waals surface area contributed by atoms with Crippen molar-refractivity contribution in [1.29, 1.82) is 0 Å². The molecule has 2 heterocycles. The van der Waals surface area contributed by atoms with Crippen molar-refractivity contribution < 1.29 is 8.83 Å². The highest BCUT2D eigenvalue weighted by Gasteiger charge is 2.35. The predicted molar refractivity (Wildman–Crippen MR) is 216 cm³/mol. The molecule has 1 aliphatic rings. The van der Waals surface area contributed by atoms with Crippen LogP contribution in [0.2, 0.25) is 0 Å². The van der Waals surface area contributed by atoms with E-state index in [1.54, 1.807) is 0 Å². The first-order valence-corrected chi connectivity index (χ1v) is 17.9. The maximum atomic E-state index is 6.52. The highest BCUT2D eigenvalue weighted by atomic mass is 16.3.